The quantitative estimate of drug-likeness (QED) is 0.282. The molecule has 10 heteroatoms. The molecule has 1 amide bonds. The van der Waals surface area contributed by atoms with Gasteiger partial charge in [-0.2, -0.15) is 0 Å². The van der Waals surface area contributed by atoms with E-state index in [-0.39, 0.29) is 0 Å². The number of nitrogens with two attached hydrogens (primary N) is 1. The molecule has 1 aliphatic heterocycles. The number of aromatic nitrogens is 2. The smallest absolute Gasteiger partial charge is 0.255 e. The van der Waals surface area contributed by atoms with Gasteiger partial charge in [0.15, 0.2) is 0 Å². The van der Waals surface area contributed by atoms with Crippen molar-refractivity contribution in [3.8, 4) is 0 Å². The number of amides is 1. The van der Waals surface area contributed by atoms with E-state index in [9.17, 15) is 30.0 Å². The van der Waals surface area contributed by atoms with Gasteiger partial charge in [0.2, 0.25) is 12.1 Å². The molecule has 1 saturated heterocycles. The van der Waals surface area contributed by atoms with Crippen LogP contribution in [0, 0.1) is 6.92 Å². The number of aliphatic hydroxyl groups is 3. The van der Waals surface area contributed by atoms with Crippen molar-refractivity contribution in [2.24, 2.45) is 5.73 Å². The number of rotatable bonds is 8. The van der Waals surface area contributed by atoms with Crippen LogP contribution in [-0.2, 0) is 26.3 Å². The number of carboxylic acids is 1. The van der Waals surface area contributed by atoms with Crippen molar-refractivity contribution in [1.29, 1.82) is 0 Å². The third-order valence-electron chi connectivity index (χ3n) is 6.97. The van der Waals surface area contributed by atoms with Crippen molar-refractivity contribution < 1.29 is 39.3 Å². The molecule has 2 heterocycles. The average molecular weight is 496 g/mol. The Labute approximate surface area is 207 Å². The minimum Gasteiger partial charge on any atom is -0.547 e. The molecule has 36 heavy (non-hydrogen) atoms. The Hall–Kier alpha value is -3.57. The van der Waals surface area contributed by atoms with Gasteiger partial charge in [-0.25, -0.2) is 9.13 Å². The fourth-order valence-corrected chi connectivity index (χ4v) is 4.90. The minimum atomic E-state index is -1.84. The molecule has 1 aromatic heterocycles. The number of hydrogen-bond acceptors (Lipinski definition) is 7. The highest BCUT2D eigenvalue weighted by molar-refractivity contribution is 5.90. The maximum atomic E-state index is 13.0. The predicted octanol–water partition coefficient (Wildman–Crippen LogP) is -1.32. The van der Waals surface area contributed by atoms with Crippen LogP contribution in [0.1, 0.15) is 29.6 Å². The van der Waals surface area contributed by atoms with E-state index in [0.717, 1.165) is 11.1 Å². The highest BCUT2D eigenvalue weighted by Crippen LogP contribution is 2.36. The number of ether oxygens (including phenoxy) is 1. The Kier molecular flexibility index (Phi) is 7.23. The van der Waals surface area contributed by atoms with E-state index < -0.39 is 47.9 Å². The predicted molar refractivity (Wildman–Crippen MR) is 124 cm³/mol. The lowest BCUT2D eigenvalue weighted by atomic mass is 9.71. The molecule has 0 bridgehead atoms. The molecule has 0 spiro atoms. The number of carbonyl (C=O) groups excluding carboxylic acids is 2. The zero-order valence-electron chi connectivity index (χ0n) is 19.7. The maximum absolute atomic E-state index is 13.0. The fourth-order valence-electron chi connectivity index (χ4n) is 4.90. The normalized spacial score (nSPS) is 24.4. The SMILES string of the molecule is Cc1n(CCC(C(N)=O)(c2ccccc2)c2ccccc2)cc[n+]1[C@@H]1O[C@H](C(=O)[O-])[C@@H](O)[C@H](O)[C@H]1O. The zero-order valence-corrected chi connectivity index (χ0v) is 19.7. The molecule has 0 aliphatic carbocycles. The third-order valence-corrected chi connectivity index (χ3v) is 6.97. The van der Waals surface area contributed by atoms with Crippen molar-refractivity contribution in [2.75, 3.05) is 0 Å². The summed E-state index contributed by atoms with van der Waals surface area (Å²) in [4.78, 5) is 24.4. The Morgan fingerprint density at radius 1 is 1.00 bits per heavy atom. The van der Waals surface area contributed by atoms with Crippen LogP contribution < -0.4 is 15.4 Å². The van der Waals surface area contributed by atoms with Crippen LogP contribution in [0.15, 0.2) is 73.1 Å². The van der Waals surface area contributed by atoms with E-state index in [1.54, 1.807) is 19.3 Å². The number of primary amides is 1. The van der Waals surface area contributed by atoms with Crippen LogP contribution in [0.3, 0.4) is 0 Å². The number of aliphatic hydroxyl groups excluding tert-OH is 3. The molecule has 0 unspecified atom stereocenters. The van der Waals surface area contributed by atoms with Gasteiger partial charge in [0, 0.05) is 13.3 Å². The van der Waals surface area contributed by atoms with Crippen LogP contribution in [0.4, 0.5) is 0 Å². The van der Waals surface area contributed by atoms with Gasteiger partial charge in [-0.15, -0.1) is 0 Å². The van der Waals surface area contributed by atoms with Crippen molar-refractivity contribution >= 4 is 11.9 Å². The monoisotopic (exact) mass is 495 g/mol. The lowest BCUT2D eigenvalue weighted by Gasteiger charge is -2.39. The van der Waals surface area contributed by atoms with E-state index in [2.05, 4.69) is 0 Å². The Morgan fingerprint density at radius 2 is 1.56 bits per heavy atom. The second kappa shape index (κ2) is 10.2. The van der Waals surface area contributed by atoms with E-state index in [4.69, 9.17) is 10.5 Å². The van der Waals surface area contributed by atoms with E-state index in [1.807, 2.05) is 65.2 Å². The molecule has 5 N–H and O–H groups in total. The molecule has 5 atom stereocenters. The summed E-state index contributed by atoms with van der Waals surface area (Å²) in [5.41, 5.74) is 6.41. The average Bonchev–Trinajstić information content (AvgIpc) is 3.24. The van der Waals surface area contributed by atoms with Gasteiger partial charge in [-0.05, 0) is 11.1 Å². The maximum Gasteiger partial charge on any atom is 0.255 e. The second-order valence-corrected chi connectivity index (χ2v) is 8.94. The van der Waals surface area contributed by atoms with Gasteiger partial charge in [0.05, 0.1) is 12.5 Å². The molecule has 3 aromatic rings. The first kappa shape index (κ1) is 25.5. The number of hydrogen-bond donors (Lipinski definition) is 4. The van der Waals surface area contributed by atoms with E-state index in [0.29, 0.717) is 18.8 Å². The van der Waals surface area contributed by atoms with Gasteiger partial charge in [-0.3, -0.25) is 4.79 Å². The highest BCUT2D eigenvalue weighted by Gasteiger charge is 2.48. The first-order valence-electron chi connectivity index (χ1n) is 11.6. The number of nitrogens with zero attached hydrogens (tertiary/aromatic N) is 2. The first-order valence-corrected chi connectivity index (χ1v) is 11.6. The lowest BCUT2D eigenvalue weighted by molar-refractivity contribution is -0.781. The molecular formula is C26H29N3O7. The number of carboxylic acid groups (broad SMARTS) is 1. The molecule has 10 nitrogen and oxygen atoms in total. The van der Waals surface area contributed by atoms with E-state index >= 15 is 0 Å². The Morgan fingerprint density at radius 3 is 2.06 bits per heavy atom. The summed E-state index contributed by atoms with van der Waals surface area (Å²) >= 11 is 0. The lowest BCUT2D eigenvalue weighted by Crippen LogP contribution is -2.65. The number of benzene rings is 2. The topological polar surface area (TPSA) is 162 Å². The van der Waals surface area contributed by atoms with Crippen molar-refractivity contribution in [2.45, 2.75) is 55.9 Å². The summed E-state index contributed by atoms with van der Waals surface area (Å²) in [6.45, 7) is 2.06. The largest absolute Gasteiger partial charge is 0.547 e. The molecule has 190 valence electrons. The molecule has 0 radical (unpaired) electrons. The highest BCUT2D eigenvalue weighted by atomic mass is 16.6. The summed E-state index contributed by atoms with van der Waals surface area (Å²) in [6.07, 6.45) is -4.70. The number of aliphatic carboxylic acids is 1. The molecule has 4 rings (SSSR count). The van der Waals surface area contributed by atoms with Gasteiger partial charge in [0.25, 0.3) is 5.82 Å². The van der Waals surface area contributed by atoms with Gasteiger partial charge in [0.1, 0.15) is 42.2 Å². The van der Waals surface area contributed by atoms with Crippen molar-refractivity contribution in [3.63, 3.8) is 0 Å². The molecule has 0 saturated carbocycles. The molecule has 1 aliphatic rings. The van der Waals surface area contributed by atoms with E-state index in [1.165, 1.54) is 4.57 Å². The van der Waals surface area contributed by atoms with Gasteiger partial charge < -0.3 is 35.7 Å². The standard InChI is InChI=1S/C26H29N3O7/c1-16-28(14-15-29(16)23-21(32)19(30)20(31)22(36-23)24(33)34)13-12-26(25(27)35,17-8-4-2-5-9-17)18-10-6-3-7-11-18/h2-11,14-15,19-23,30-32H,12-13H2,1H3,(H2-,27,33,34,35)/t19-,20-,21+,22-,23+/m0/s1. The molecule has 1 fully saturated rings. The summed E-state index contributed by atoms with van der Waals surface area (Å²) in [5, 5.41) is 42.0. The summed E-state index contributed by atoms with van der Waals surface area (Å²) in [7, 11) is 0. The summed E-state index contributed by atoms with van der Waals surface area (Å²) in [5.74, 6) is -1.65. The van der Waals surface area contributed by atoms with Crippen LogP contribution in [-0.4, -0.2) is 56.2 Å². The first-order chi connectivity index (χ1) is 17.2. The van der Waals surface area contributed by atoms with Crippen LogP contribution in [0.5, 0.6) is 0 Å². The Bertz CT molecular complexity index is 1180. The zero-order chi connectivity index (χ0) is 26.0. The van der Waals surface area contributed by atoms with Crippen molar-refractivity contribution in [3.05, 3.63) is 90.0 Å². The van der Waals surface area contributed by atoms with Crippen molar-refractivity contribution in [1.82, 2.24) is 4.57 Å². The third kappa shape index (κ3) is 4.40. The number of imidazole rings is 1. The minimum absolute atomic E-state index is 0.308. The second-order valence-electron chi connectivity index (χ2n) is 8.94. The number of aryl methyl sites for hydroxylation is 1. The van der Waals surface area contributed by atoms with Gasteiger partial charge >= 0.3 is 0 Å². The molecular weight excluding hydrogens is 466 g/mol. The van der Waals surface area contributed by atoms with Gasteiger partial charge in [-0.1, -0.05) is 60.7 Å². The molecule has 2 aromatic carbocycles. The van der Waals surface area contributed by atoms with Crippen LogP contribution in [0.2, 0.25) is 0 Å². The Balaban J connectivity index is 1.67. The fraction of sp³-hybridized carbons (Fsp3) is 0.346. The van der Waals surface area contributed by atoms with Crippen LogP contribution >= 0.6 is 0 Å². The summed E-state index contributed by atoms with van der Waals surface area (Å²) < 4.78 is 8.67. The summed E-state index contributed by atoms with van der Waals surface area (Å²) in [6, 6.07) is 18.6. The number of carbonyl (C=O) groups is 2. The van der Waals surface area contributed by atoms with Crippen LogP contribution in [0.25, 0.3) is 0 Å².